The number of piperidine rings is 1. The molecule has 132 valence electrons. The highest BCUT2D eigenvalue weighted by atomic mass is 32.2. The average Bonchev–Trinajstić information content (AvgIpc) is 3.04. The molecule has 0 spiro atoms. The summed E-state index contributed by atoms with van der Waals surface area (Å²) in [5.74, 6) is 0.776. The van der Waals surface area contributed by atoms with Crippen LogP contribution in [0.1, 0.15) is 31.5 Å². The summed E-state index contributed by atoms with van der Waals surface area (Å²) in [6, 6.07) is 0. The molecule has 2 aromatic heterocycles. The third kappa shape index (κ3) is 2.59. The lowest BCUT2D eigenvalue weighted by molar-refractivity contribution is 0.315. The first-order valence-corrected chi connectivity index (χ1v) is 9.50. The number of imidazole rings is 1. The minimum atomic E-state index is -3.17. The Hall–Kier alpha value is -1.94. The molecule has 1 aliphatic rings. The number of aryl methyl sites for hydroxylation is 1. The Morgan fingerprint density at radius 1 is 1.17 bits per heavy atom. The van der Waals surface area contributed by atoms with Gasteiger partial charge in [0.2, 0.25) is 10.0 Å². The summed E-state index contributed by atoms with van der Waals surface area (Å²) in [4.78, 5) is 31.7. The largest absolute Gasteiger partial charge is 0.336 e. The number of aromatic nitrogens is 4. The van der Waals surface area contributed by atoms with Crippen LogP contribution in [0.3, 0.4) is 0 Å². The standard InChI is InChI=1S/C14H21N5O4S/c1-4-24(22,23)19-7-5-9(6-8-19)11-15-10-12(16-11)17(2)14(21)18(3)13(10)20/h9H,4-8H2,1-3H3,(H,15,16). The first-order chi connectivity index (χ1) is 11.3. The normalized spacial score (nSPS) is 17.6. The van der Waals surface area contributed by atoms with E-state index in [2.05, 4.69) is 9.97 Å². The van der Waals surface area contributed by atoms with Crippen molar-refractivity contribution in [1.82, 2.24) is 23.4 Å². The summed E-state index contributed by atoms with van der Waals surface area (Å²) >= 11 is 0. The molecule has 0 aromatic carbocycles. The van der Waals surface area contributed by atoms with Crippen molar-refractivity contribution in [3.05, 3.63) is 26.7 Å². The van der Waals surface area contributed by atoms with Crippen LogP contribution >= 0.6 is 0 Å². The fourth-order valence-corrected chi connectivity index (χ4v) is 4.26. The van der Waals surface area contributed by atoms with E-state index in [1.807, 2.05) is 0 Å². The van der Waals surface area contributed by atoms with Crippen LogP contribution in [0.2, 0.25) is 0 Å². The van der Waals surface area contributed by atoms with Crippen molar-refractivity contribution in [2.45, 2.75) is 25.7 Å². The molecule has 0 bridgehead atoms. The second-order valence-corrected chi connectivity index (χ2v) is 8.36. The molecule has 1 aliphatic heterocycles. The van der Waals surface area contributed by atoms with Gasteiger partial charge in [0.1, 0.15) is 11.3 Å². The molecular weight excluding hydrogens is 334 g/mol. The Labute approximate surface area is 139 Å². The second-order valence-electron chi connectivity index (χ2n) is 6.10. The zero-order chi connectivity index (χ0) is 17.6. The quantitative estimate of drug-likeness (QED) is 0.797. The number of aromatic amines is 1. The highest BCUT2D eigenvalue weighted by Gasteiger charge is 2.29. The van der Waals surface area contributed by atoms with E-state index >= 15 is 0 Å². The highest BCUT2D eigenvalue weighted by Crippen LogP contribution is 2.28. The van der Waals surface area contributed by atoms with Crippen molar-refractivity contribution in [2.75, 3.05) is 18.8 Å². The molecule has 0 unspecified atom stereocenters. The fourth-order valence-electron chi connectivity index (χ4n) is 3.13. The number of hydrogen-bond donors (Lipinski definition) is 1. The van der Waals surface area contributed by atoms with E-state index in [9.17, 15) is 18.0 Å². The lowest BCUT2D eigenvalue weighted by Crippen LogP contribution is -2.38. The molecule has 1 fully saturated rings. The van der Waals surface area contributed by atoms with Crippen molar-refractivity contribution in [1.29, 1.82) is 0 Å². The number of H-pyrrole nitrogens is 1. The van der Waals surface area contributed by atoms with Gasteiger partial charge in [-0.3, -0.25) is 13.9 Å². The van der Waals surface area contributed by atoms with Gasteiger partial charge in [0.15, 0.2) is 5.65 Å². The van der Waals surface area contributed by atoms with Crippen LogP contribution in [0.15, 0.2) is 9.59 Å². The van der Waals surface area contributed by atoms with E-state index < -0.39 is 21.3 Å². The molecule has 0 saturated carbocycles. The van der Waals surface area contributed by atoms with Gasteiger partial charge in [-0.2, -0.15) is 0 Å². The lowest BCUT2D eigenvalue weighted by Gasteiger charge is -2.29. The predicted molar refractivity (Wildman–Crippen MR) is 89.6 cm³/mol. The third-order valence-corrected chi connectivity index (χ3v) is 6.59. The molecule has 3 rings (SSSR count). The van der Waals surface area contributed by atoms with Crippen LogP contribution in [0.5, 0.6) is 0 Å². The fraction of sp³-hybridized carbons (Fsp3) is 0.643. The van der Waals surface area contributed by atoms with Crippen molar-refractivity contribution in [3.63, 3.8) is 0 Å². The monoisotopic (exact) mass is 355 g/mol. The molecule has 3 heterocycles. The second kappa shape index (κ2) is 5.85. The molecule has 0 aliphatic carbocycles. The van der Waals surface area contributed by atoms with Gasteiger partial charge < -0.3 is 4.98 Å². The summed E-state index contributed by atoms with van der Waals surface area (Å²) in [6.07, 6.45) is 1.26. The molecule has 9 nitrogen and oxygen atoms in total. The summed E-state index contributed by atoms with van der Waals surface area (Å²) < 4.78 is 27.7. The number of fused-ring (bicyclic) bond motifs is 1. The molecule has 0 atom stereocenters. The first-order valence-electron chi connectivity index (χ1n) is 7.89. The van der Waals surface area contributed by atoms with E-state index in [1.165, 1.54) is 15.9 Å². The Kier molecular flexibility index (Phi) is 4.12. The van der Waals surface area contributed by atoms with Gasteiger partial charge >= 0.3 is 5.69 Å². The molecule has 2 aromatic rings. The number of nitrogens with one attached hydrogen (secondary N) is 1. The molecule has 0 amide bonds. The van der Waals surface area contributed by atoms with Crippen LogP contribution in [-0.2, 0) is 24.1 Å². The molecule has 24 heavy (non-hydrogen) atoms. The Bertz CT molecular complexity index is 993. The zero-order valence-electron chi connectivity index (χ0n) is 13.9. The Balaban J connectivity index is 1.93. The van der Waals surface area contributed by atoms with Crippen LogP contribution in [0, 0.1) is 0 Å². The van der Waals surface area contributed by atoms with Crippen molar-refractivity contribution in [2.24, 2.45) is 14.1 Å². The predicted octanol–water partition coefficient (Wildman–Crippen LogP) is -0.511. The van der Waals surface area contributed by atoms with Gasteiger partial charge in [-0.15, -0.1) is 0 Å². The summed E-state index contributed by atoms with van der Waals surface area (Å²) in [6.45, 7) is 2.51. The first kappa shape index (κ1) is 16.9. The van der Waals surface area contributed by atoms with Gasteiger partial charge in [0.05, 0.1) is 5.75 Å². The molecule has 10 heteroatoms. The Morgan fingerprint density at radius 3 is 2.38 bits per heavy atom. The van der Waals surface area contributed by atoms with E-state index in [0.717, 1.165) is 4.57 Å². The Morgan fingerprint density at radius 2 is 1.79 bits per heavy atom. The number of nitrogens with zero attached hydrogens (tertiary/aromatic N) is 4. The van der Waals surface area contributed by atoms with Crippen molar-refractivity contribution >= 4 is 21.2 Å². The number of sulfonamides is 1. The molecule has 1 saturated heterocycles. The van der Waals surface area contributed by atoms with Gasteiger partial charge in [0.25, 0.3) is 5.56 Å². The van der Waals surface area contributed by atoms with Crippen molar-refractivity contribution < 1.29 is 8.42 Å². The molecular formula is C14H21N5O4S. The minimum Gasteiger partial charge on any atom is -0.336 e. The van der Waals surface area contributed by atoms with Gasteiger partial charge in [-0.25, -0.2) is 22.5 Å². The van der Waals surface area contributed by atoms with Gasteiger partial charge in [0, 0.05) is 33.1 Å². The molecule has 0 radical (unpaired) electrons. The maximum atomic E-state index is 12.2. The number of hydrogen-bond acceptors (Lipinski definition) is 5. The van der Waals surface area contributed by atoms with Crippen LogP contribution < -0.4 is 11.2 Å². The van der Waals surface area contributed by atoms with Gasteiger partial charge in [-0.1, -0.05) is 0 Å². The van der Waals surface area contributed by atoms with E-state index in [4.69, 9.17) is 0 Å². The van der Waals surface area contributed by atoms with Crippen LogP contribution in [-0.4, -0.2) is 50.7 Å². The highest BCUT2D eigenvalue weighted by molar-refractivity contribution is 7.89. The summed E-state index contributed by atoms with van der Waals surface area (Å²) in [5, 5.41) is 0. The molecule has 1 N–H and O–H groups in total. The summed E-state index contributed by atoms with van der Waals surface area (Å²) in [5.41, 5.74) is -0.188. The van der Waals surface area contributed by atoms with Crippen molar-refractivity contribution in [3.8, 4) is 0 Å². The maximum Gasteiger partial charge on any atom is 0.332 e. The van der Waals surface area contributed by atoms with Gasteiger partial charge in [-0.05, 0) is 19.8 Å². The zero-order valence-corrected chi connectivity index (χ0v) is 14.8. The number of rotatable bonds is 3. The summed E-state index contributed by atoms with van der Waals surface area (Å²) in [7, 11) is -0.168. The van der Waals surface area contributed by atoms with E-state index in [1.54, 1.807) is 14.0 Å². The maximum absolute atomic E-state index is 12.2. The van der Waals surface area contributed by atoms with Crippen LogP contribution in [0.25, 0.3) is 11.2 Å². The minimum absolute atomic E-state index is 0.0421. The average molecular weight is 355 g/mol. The van der Waals surface area contributed by atoms with E-state index in [0.29, 0.717) is 42.9 Å². The third-order valence-electron chi connectivity index (χ3n) is 4.71. The SMILES string of the molecule is CCS(=O)(=O)N1CCC(c2nc3c([nH]2)c(=O)n(C)c(=O)n3C)CC1. The lowest BCUT2D eigenvalue weighted by atomic mass is 9.98. The van der Waals surface area contributed by atoms with Crippen LogP contribution in [0.4, 0.5) is 0 Å². The topological polar surface area (TPSA) is 110 Å². The smallest absolute Gasteiger partial charge is 0.332 e. The van der Waals surface area contributed by atoms with E-state index in [-0.39, 0.29) is 11.7 Å².